The summed E-state index contributed by atoms with van der Waals surface area (Å²) in [6.45, 7) is 13.1. The zero-order valence-electron chi connectivity index (χ0n) is 26.2. The Hall–Kier alpha value is -4.22. The van der Waals surface area contributed by atoms with Gasteiger partial charge in [0, 0.05) is 12.7 Å². The zero-order valence-corrected chi connectivity index (χ0v) is 26.2. The van der Waals surface area contributed by atoms with Gasteiger partial charge in [-0.15, -0.1) is 6.58 Å². The predicted octanol–water partition coefficient (Wildman–Crippen LogP) is 6.77. The van der Waals surface area contributed by atoms with Gasteiger partial charge in [-0.2, -0.15) is 0 Å². The predicted molar refractivity (Wildman–Crippen MR) is 171 cm³/mol. The molecule has 3 aromatic carbocycles. The van der Waals surface area contributed by atoms with Crippen LogP contribution < -0.4 is 23.7 Å². The van der Waals surface area contributed by atoms with E-state index in [0.717, 1.165) is 29.7 Å². The summed E-state index contributed by atoms with van der Waals surface area (Å²) in [7, 11) is 1.64. The van der Waals surface area contributed by atoms with Crippen LogP contribution in [0.3, 0.4) is 0 Å². The Morgan fingerprint density at radius 2 is 1.24 bits per heavy atom. The number of hydrogen-bond acceptors (Lipinski definition) is 10. The lowest BCUT2D eigenvalue weighted by molar-refractivity contribution is -0.286. The van der Waals surface area contributed by atoms with Gasteiger partial charge in [0.05, 0.1) is 33.0 Å². The zero-order chi connectivity index (χ0) is 32.0. The lowest BCUT2D eigenvalue weighted by atomic mass is 10.2. The van der Waals surface area contributed by atoms with E-state index in [2.05, 4.69) is 13.2 Å². The number of methoxy groups -OCH3 is 1. The number of hydrogen-bond donors (Lipinski definition) is 0. The molecule has 0 bridgehead atoms. The lowest BCUT2D eigenvalue weighted by Gasteiger charge is -2.14. The third-order valence-corrected chi connectivity index (χ3v) is 6.13. The lowest BCUT2D eigenvalue weighted by Crippen LogP contribution is -2.08. The summed E-state index contributed by atoms with van der Waals surface area (Å²) < 4.78 is 44.7. The minimum atomic E-state index is 0.0545. The highest BCUT2D eigenvalue weighted by Gasteiger charge is 2.05. The topological polar surface area (TPSA) is 92.3 Å². The van der Waals surface area contributed by atoms with Crippen molar-refractivity contribution in [3.63, 3.8) is 0 Å². The maximum absolute atomic E-state index is 5.81. The van der Waals surface area contributed by atoms with E-state index in [0.29, 0.717) is 75.0 Å². The smallest absolute Gasteiger partial charge is 0.230 e. The Bertz CT molecular complexity index is 1240. The Balaban J connectivity index is 1.29. The maximum Gasteiger partial charge on any atom is 0.230 e. The first kappa shape index (κ1) is 35.3. The van der Waals surface area contributed by atoms with Crippen LogP contribution in [0.25, 0.3) is 5.76 Å². The second kappa shape index (κ2) is 21.5. The second-order valence-corrected chi connectivity index (χ2v) is 9.56. The minimum absolute atomic E-state index is 0.0545. The molecule has 244 valence electrons. The SMILES string of the molecule is C=CCOOCCCCOc1ccc(OCOc2ccc(OCOc3ccc(C(=C)OCCOCCOC)cc3)c(C)c2)cc1. The number of ether oxygens (including phenoxy) is 8. The largest absolute Gasteiger partial charge is 0.494 e. The van der Waals surface area contributed by atoms with E-state index in [1.165, 1.54) is 0 Å². The van der Waals surface area contributed by atoms with Gasteiger partial charge in [-0.1, -0.05) is 12.7 Å². The third-order valence-electron chi connectivity index (χ3n) is 6.13. The summed E-state index contributed by atoms with van der Waals surface area (Å²) in [5, 5.41) is 0. The Morgan fingerprint density at radius 1 is 0.644 bits per heavy atom. The standard InChI is InChI=1S/C35H44O10/c1-5-18-44-45-20-7-6-19-39-31-12-14-33(15-13-31)40-26-42-34-16-17-35(28(2)25-34)43-27-41-32-10-8-30(9-11-32)29(3)38-24-23-37-22-21-36-4/h5,8-17,25H,1,3,6-7,18-24,26-27H2,2,4H3. The van der Waals surface area contributed by atoms with Crippen molar-refractivity contribution in [3.8, 4) is 28.7 Å². The highest BCUT2D eigenvalue weighted by molar-refractivity contribution is 5.58. The first-order valence-corrected chi connectivity index (χ1v) is 14.8. The van der Waals surface area contributed by atoms with E-state index in [1.54, 1.807) is 13.2 Å². The van der Waals surface area contributed by atoms with Gasteiger partial charge < -0.3 is 37.9 Å². The van der Waals surface area contributed by atoms with Gasteiger partial charge in [0.2, 0.25) is 13.6 Å². The van der Waals surface area contributed by atoms with Gasteiger partial charge in [-0.05, 0) is 92.1 Å². The van der Waals surface area contributed by atoms with Crippen LogP contribution in [0.15, 0.2) is 86.0 Å². The molecule has 3 rings (SSSR count). The van der Waals surface area contributed by atoms with E-state index in [1.807, 2.05) is 73.7 Å². The van der Waals surface area contributed by atoms with Gasteiger partial charge in [0.25, 0.3) is 0 Å². The van der Waals surface area contributed by atoms with Crippen molar-refractivity contribution < 1.29 is 47.7 Å². The number of aryl methyl sites for hydroxylation is 1. The fourth-order valence-electron chi connectivity index (χ4n) is 3.73. The van der Waals surface area contributed by atoms with Crippen molar-refractivity contribution >= 4 is 5.76 Å². The van der Waals surface area contributed by atoms with E-state index < -0.39 is 0 Å². The molecular weight excluding hydrogens is 580 g/mol. The molecule has 45 heavy (non-hydrogen) atoms. The summed E-state index contributed by atoms with van der Waals surface area (Å²) in [5.41, 5.74) is 1.77. The highest BCUT2D eigenvalue weighted by atomic mass is 17.2. The normalized spacial score (nSPS) is 10.6. The molecule has 10 heteroatoms. The van der Waals surface area contributed by atoms with Gasteiger partial charge in [-0.3, -0.25) is 0 Å². The van der Waals surface area contributed by atoms with Crippen LogP contribution in [0, 0.1) is 6.92 Å². The van der Waals surface area contributed by atoms with Crippen LogP contribution in [-0.2, 0) is 24.0 Å². The van der Waals surface area contributed by atoms with Gasteiger partial charge in [0.1, 0.15) is 47.7 Å². The molecule has 0 aliphatic rings. The summed E-state index contributed by atoms with van der Waals surface area (Å²) in [6.07, 6.45) is 3.33. The monoisotopic (exact) mass is 624 g/mol. The first-order chi connectivity index (χ1) is 22.1. The number of unbranched alkanes of at least 4 members (excludes halogenated alkanes) is 1. The van der Waals surface area contributed by atoms with Crippen molar-refractivity contribution in [1.82, 2.24) is 0 Å². The molecule has 0 N–H and O–H groups in total. The molecule has 0 spiro atoms. The second-order valence-electron chi connectivity index (χ2n) is 9.56. The quantitative estimate of drug-likeness (QED) is 0.0251. The van der Waals surface area contributed by atoms with Crippen LogP contribution >= 0.6 is 0 Å². The molecule has 0 aliphatic heterocycles. The van der Waals surface area contributed by atoms with Gasteiger partial charge in [0.15, 0.2) is 0 Å². The molecule has 3 aromatic rings. The molecule has 0 amide bonds. The Labute approximate surface area is 265 Å². The van der Waals surface area contributed by atoms with Gasteiger partial charge in [-0.25, -0.2) is 9.78 Å². The van der Waals surface area contributed by atoms with Gasteiger partial charge >= 0.3 is 0 Å². The van der Waals surface area contributed by atoms with E-state index >= 15 is 0 Å². The number of rotatable bonds is 25. The highest BCUT2D eigenvalue weighted by Crippen LogP contribution is 2.25. The third kappa shape index (κ3) is 14.4. The van der Waals surface area contributed by atoms with Crippen LogP contribution in [0.2, 0.25) is 0 Å². The maximum atomic E-state index is 5.81. The Kier molecular flexibility index (Phi) is 16.8. The van der Waals surface area contributed by atoms with Crippen molar-refractivity contribution in [2.45, 2.75) is 19.8 Å². The van der Waals surface area contributed by atoms with Crippen molar-refractivity contribution in [2.75, 3.05) is 66.9 Å². The van der Waals surface area contributed by atoms with E-state index in [4.69, 9.17) is 47.7 Å². The van der Waals surface area contributed by atoms with Crippen molar-refractivity contribution in [3.05, 3.63) is 97.1 Å². The summed E-state index contributed by atoms with van der Waals surface area (Å²) >= 11 is 0. The molecule has 0 aromatic heterocycles. The van der Waals surface area contributed by atoms with Crippen molar-refractivity contribution in [2.24, 2.45) is 0 Å². The fourth-order valence-corrected chi connectivity index (χ4v) is 3.73. The van der Waals surface area contributed by atoms with Crippen LogP contribution in [-0.4, -0.2) is 66.9 Å². The van der Waals surface area contributed by atoms with Crippen molar-refractivity contribution in [1.29, 1.82) is 0 Å². The molecule has 0 heterocycles. The van der Waals surface area contributed by atoms with E-state index in [-0.39, 0.29) is 13.6 Å². The van der Waals surface area contributed by atoms with Crippen LogP contribution in [0.5, 0.6) is 28.7 Å². The summed E-state index contributed by atoms with van der Waals surface area (Å²) in [4.78, 5) is 9.88. The summed E-state index contributed by atoms with van der Waals surface area (Å²) in [5.74, 6) is 4.04. The minimum Gasteiger partial charge on any atom is -0.494 e. The molecule has 0 saturated carbocycles. The Morgan fingerprint density at radius 3 is 1.93 bits per heavy atom. The molecular formula is C35H44O10. The van der Waals surface area contributed by atoms with Crippen LogP contribution in [0.1, 0.15) is 24.0 Å². The molecule has 0 fully saturated rings. The van der Waals surface area contributed by atoms with E-state index in [9.17, 15) is 0 Å². The first-order valence-electron chi connectivity index (χ1n) is 14.8. The average molecular weight is 625 g/mol. The van der Waals surface area contributed by atoms with Crippen LogP contribution in [0.4, 0.5) is 0 Å². The molecule has 0 radical (unpaired) electrons. The number of benzene rings is 3. The fraction of sp³-hybridized carbons (Fsp3) is 0.371. The molecule has 0 saturated heterocycles. The molecule has 10 nitrogen and oxygen atoms in total. The molecule has 0 unspecified atom stereocenters. The molecule has 0 atom stereocenters. The molecule has 0 aliphatic carbocycles. The summed E-state index contributed by atoms with van der Waals surface area (Å²) in [6, 6.07) is 20.4. The average Bonchev–Trinajstić information content (AvgIpc) is 3.06.